The Morgan fingerprint density at radius 2 is 1.89 bits per heavy atom. The summed E-state index contributed by atoms with van der Waals surface area (Å²) < 4.78 is 16.4. The van der Waals surface area contributed by atoms with Gasteiger partial charge in [-0.15, -0.1) is 0 Å². The SMILES string of the molecule is CCCN(CCCCN1CC=COC1)C1CCc2cc(OC)c(OC)cc2C1. The topological polar surface area (TPSA) is 34.2 Å². The smallest absolute Gasteiger partial charge is 0.161 e. The van der Waals surface area contributed by atoms with Crippen LogP contribution in [-0.4, -0.2) is 63.0 Å². The molecular formula is C23H36N2O3. The summed E-state index contributed by atoms with van der Waals surface area (Å²) in [4.78, 5) is 5.08. The Morgan fingerprint density at radius 3 is 2.57 bits per heavy atom. The van der Waals surface area contributed by atoms with Crippen LogP contribution in [0.15, 0.2) is 24.5 Å². The Kier molecular flexibility index (Phi) is 8.04. The summed E-state index contributed by atoms with van der Waals surface area (Å²) in [6.07, 6.45) is 11.0. The van der Waals surface area contributed by atoms with E-state index in [-0.39, 0.29) is 0 Å². The van der Waals surface area contributed by atoms with E-state index in [9.17, 15) is 0 Å². The minimum atomic E-state index is 0.631. The lowest BCUT2D eigenvalue weighted by atomic mass is 9.86. The second-order valence-corrected chi connectivity index (χ2v) is 7.86. The summed E-state index contributed by atoms with van der Waals surface area (Å²) in [7, 11) is 3.43. The van der Waals surface area contributed by atoms with Gasteiger partial charge in [0.05, 0.1) is 20.5 Å². The van der Waals surface area contributed by atoms with Crippen LogP contribution in [0.25, 0.3) is 0 Å². The molecule has 0 aromatic heterocycles. The number of hydrogen-bond acceptors (Lipinski definition) is 5. The van der Waals surface area contributed by atoms with Crippen molar-refractivity contribution in [1.82, 2.24) is 9.80 Å². The molecule has 1 aromatic rings. The molecule has 0 saturated heterocycles. The van der Waals surface area contributed by atoms with Gasteiger partial charge in [0.15, 0.2) is 11.5 Å². The number of fused-ring (bicyclic) bond motifs is 1. The minimum Gasteiger partial charge on any atom is -0.493 e. The Morgan fingerprint density at radius 1 is 1.11 bits per heavy atom. The van der Waals surface area contributed by atoms with Gasteiger partial charge in [0.25, 0.3) is 0 Å². The second kappa shape index (κ2) is 10.7. The quantitative estimate of drug-likeness (QED) is 0.569. The molecule has 1 unspecified atom stereocenters. The lowest BCUT2D eigenvalue weighted by Crippen LogP contribution is -2.40. The van der Waals surface area contributed by atoms with Crippen LogP contribution in [0.5, 0.6) is 11.5 Å². The van der Waals surface area contributed by atoms with E-state index in [4.69, 9.17) is 14.2 Å². The molecule has 0 saturated carbocycles. The second-order valence-electron chi connectivity index (χ2n) is 7.86. The maximum atomic E-state index is 5.52. The van der Waals surface area contributed by atoms with Crippen molar-refractivity contribution in [2.75, 3.05) is 47.1 Å². The zero-order valence-corrected chi connectivity index (χ0v) is 17.8. The van der Waals surface area contributed by atoms with Gasteiger partial charge in [-0.3, -0.25) is 4.90 Å². The van der Waals surface area contributed by atoms with Crippen LogP contribution >= 0.6 is 0 Å². The third-order valence-electron chi connectivity index (χ3n) is 5.92. The van der Waals surface area contributed by atoms with E-state index in [1.807, 2.05) is 6.26 Å². The van der Waals surface area contributed by atoms with Crippen molar-refractivity contribution in [3.05, 3.63) is 35.6 Å². The molecule has 156 valence electrons. The van der Waals surface area contributed by atoms with Crippen molar-refractivity contribution >= 4 is 0 Å². The molecule has 5 heteroatoms. The van der Waals surface area contributed by atoms with Gasteiger partial charge in [0.2, 0.25) is 0 Å². The summed E-state index contributed by atoms with van der Waals surface area (Å²) in [5.41, 5.74) is 2.84. The van der Waals surface area contributed by atoms with Crippen LogP contribution in [0, 0.1) is 0 Å². The first kappa shape index (κ1) is 21.0. The highest BCUT2D eigenvalue weighted by Crippen LogP contribution is 2.35. The molecule has 1 aromatic carbocycles. The highest BCUT2D eigenvalue weighted by atomic mass is 16.5. The average Bonchev–Trinajstić information content (AvgIpc) is 2.75. The fourth-order valence-corrected chi connectivity index (χ4v) is 4.41. The zero-order valence-electron chi connectivity index (χ0n) is 17.8. The molecule has 0 radical (unpaired) electrons. The van der Waals surface area contributed by atoms with Gasteiger partial charge in [0, 0.05) is 19.1 Å². The van der Waals surface area contributed by atoms with Crippen LogP contribution < -0.4 is 9.47 Å². The summed E-state index contributed by atoms with van der Waals surface area (Å²) in [5, 5.41) is 0. The minimum absolute atomic E-state index is 0.631. The average molecular weight is 389 g/mol. The number of aryl methyl sites for hydroxylation is 1. The predicted octanol–water partition coefficient (Wildman–Crippen LogP) is 3.86. The van der Waals surface area contributed by atoms with Gasteiger partial charge >= 0.3 is 0 Å². The van der Waals surface area contributed by atoms with Gasteiger partial charge in [-0.05, 0) is 81.0 Å². The molecule has 3 rings (SSSR count). The summed E-state index contributed by atoms with van der Waals surface area (Å²) in [6, 6.07) is 4.99. The summed E-state index contributed by atoms with van der Waals surface area (Å²) in [6.45, 7) is 7.53. The maximum absolute atomic E-state index is 5.52. The highest BCUT2D eigenvalue weighted by Gasteiger charge is 2.25. The Balaban J connectivity index is 1.54. The largest absolute Gasteiger partial charge is 0.493 e. The summed E-state index contributed by atoms with van der Waals surface area (Å²) >= 11 is 0. The maximum Gasteiger partial charge on any atom is 0.161 e. The molecule has 1 aliphatic carbocycles. The molecule has 1 heterocycles. The molecule has 5 nitrogen and oxygen atoms in total. The fraction of sp³-hybridized carbons (Fsp3) is 0.652. The zero-order chi connectivity index (χ0) is 19.8. The van der Waals surface area contributed by atoms with Crippen molar-refractivity contribution in [1.29, 1.82) is 0 Å². The normalized spacial score (nSPS) is 19.4. The first-order chi connectivity index (χ1) is 13.7. The number of benzene rings is 1. The molecule has 0 fully saturated rings. The van der Waals surface area contributed by atoms with Gasteiger partial charge in [-0.2, -0.15) is 0 Å². The fourth-order valence-electron chi connectivity index (χ4n) is 4.41. The lowest BCUT2D eigenvalue weighted by Gasteiger charge is -2.35. The van der Waals surface area contributed by atoms with Crippen LogP contribution in [0.4, 0.5) is 0 Å². The monoisotopic (exact) mass is 388 g/mol. The van der Waals surface area contributed by atoms with E-state index in [1.54, 1.807) is 14.2 Å². The third kappa shape index (κ3) is 5.42. The van der Waals surface area contributed by atoms with Crippen molar-refractivity contribution in [2.45, 2.75) is 51.5 Å². The Hall–Kier alpha value is -1.72. The molecule has 0 N–H and O–H groups in total. The van der Waals surface area contributed by atoms with Crippen molar-refractivity contribution in [3.63, 3.8) is 0 Å². The van der Waals surface area contributed by atoms with E-state index >= 15 is 0 Å². The molecular weight excluding hydrogens is 352 g/mol. The Bertz CT molecular complexity index is 647. The molecule has 1 aliphatic heterocycles. The van der Waals surface area contributed by atoms with Crippen LogP contribution in [0.1, 0.15) is 43.7 Å². The third-order valence-corrected chi connectivity index (χ3v) is 5.92. The number of unbranched alkanes of at least 4 members (excludes halogenated alkanes) is 1. The van der Waals surface area contributed by atoms with Crippen LogP contribution in [-0.2, 0) is 17.6 Å². The molecule has 0 bridgehead atoms. The molecule has 1 atom stereocenters. The molecule has 0 spiro atoms. The standard InChI is InChI=1S/C23H36N2O3/c1-4-10-25(13-6-5-11-24-12-7-14-28-18-24)21-9-8-19-16-22(26-2)23(27-3)17-20(19)15-21/h7,14,16-17,21H,4-6,8-13,15,18H2,1-3H3. The van der Waals surface area contributed by atoms with Crippen molar-refractivity contribution < 1.29 is 14.2 Å². The lowest BCUT2D eigenvalue weighted by molar-refractivity contribution is 0.0801. The first-order valence-corrected chi connectivity index (χ1v) is 10.7. The Labute approximate surface area is 170 Å². The number of nitrogens with zero attached hydrogens (tertiary/aromatic N) is 2. The molecule has 0 amide bonds. The molecule has 2 aliphatic rings. The van der Waals surface area contributed by atoms with E-state index in [0.717, 1.165) is 44.2 Å². The van der Waals surface area contributed by atoms with E-state index < -0.39 is 0 Å². The van der Waals surface area contributed by atoms with Gasteiger partial charge in [0.1, 0.15) is 6.73 Å². The van der Waals surface area contributed by atoms with Crippen LogP contribution in [0.3, 0.4) is 0 Å². The first-order valence-electron chi connectivity index (χ1n) is 10.7. The highest BCUT2D eigenvalue weighted by molar-refractivity contribution is 5.48. The number of hydrogen-bond donors (Lipinski definition) is 0. The number of ether oxygens (including phenoxy) is 3. The van der Waals surface area contributed by atoms with Crippen molar-refractivity contribution in [3.8, 4) is 11.5 Å². The number of rotatable bonds is 10. The van der Waals surface area contributed by atoms with E-state index in [1.165, 1.54) is 49.9 Å². The number of methoxy groups -OCH3 is 2. The summed E-state index contributed by atoms with van der Waals surface area (Å²) in [5.74, 6) is 1.70. The molecule has 28 heavy (non-hydrogen) atoms. The van der Waals surface area contributed by atoms with E-state index in [0.29, 0.717) is 6.04 Å². The van der Waals surface area contributed by atoms with Crippen molar-refractivity contribution in [2.24, 2.45) is 0 Å². The van der Waals surface area contributed by atoms with Gasteiger partial charge < -0.3 is 19.1 Å². The van der Waals surface area contributed by atoms with Gasteiger partial charge in [-0.25, -0.2) is 0 Å². The van der Waals surface area contributed by atoms with Crippen LogP contribution in [0.2, 0.25) is 0 Å². The predicted molar refractivity (Wildman–Crippen MR) is 113 cm³/mol. The van der Waals surface area contributed by atoms with Gasteiger partial charge in [-0.1, -0.05) is 6.92 Å². The van der Waals surface area contributed by atoms with E-state index in [2.05, 4.69) is 34.9 Å².